The molecule has 0 radical (unpaired) electrons. The molecule has 0 aliphatic rings. The summed E-state index contributed by atoms with van der Waals surface area (Å²) < 4.78 is 28.6. The van der Waals surface area contributed by atoms with Gasteiger partial charge in [0, 0.05) is 12.3 Å². The number of carboxylic acid groups (broad SMARTS) is 1. The van der Waals surface area contributed by atoms with Gasteiger partial charge in [0.1, 0.15) is 17.1 Å². The van der Waals surface area contributed by atoms with Crippen molar-refractivity contribution >= 4 is 15.8 Å². The lowest BCUT2D eigenvalue weighted by Crippen LogP contribution is -2.03. The Morgan fingerprint density at radius 2 is 1.82 bits per heavy atom. The summed E-state index contributed by atoms with van der Waals surface area (Å²) in [5, 5.41) is 17.9. The zero-order valence-corrected chi connectivity index (χ0v) is 12.3. The van der Waals surface area contributed by atoms with E-state index >= 15 is 0 Å². The molecule has 0 saturated carbocycles. The second-order valence-electron chi connectivity index (χ2n) is 4.47. The third-order valence-electron chi connectivity index (χ3n) is 2.82. The molecule has 0 spiro atoms. The molecule has 0 bridgehead atoms. The molecule has 0 aliphatic heterocycles. The fourth-order valence-corrected chi connectivity index (χ4v) is 2.36. The highest BCUT2D eigenvalue weighted by molar-refractivity contribution is 7.90. The first-order valence-electron chi connectivity index (χ1n) is 6.06. The fraction of sp³-hybridized carbons (Fsp3) is 0.0667. The van der Waals surface area contributed by atoms with E-state index < -0.39 is 15.8 Å². The van der Waals surface area contributed by atoms with Gasteiger partial charge in [0.2, 0.25) is 0 Å². The third-order valence-corrected chi connectivity index (χ3v) is 3.93. The van der Waals surface area contributed by atoms with Crippen molar-refractivity contribution in [2.75, 3.05) is 6.26 Å². The lowest BCUT2D eigenvalue weighted by atomic mass is 10.2. The van der Waals surface area contributed by atoms with Crippen molar-refractivity contribution < 1.29 is 23.1 Å². The van der Waals surface area contributed by atoms with Gasteiger partial charge in [-0.3, -0.25) is 0 Å². The van der Waals surface area contributed by atoms with Gasteiger partial charge in [-0.05, 0) is 36.4 Å². The molecule has 0 aliphatic carbocycles. The standard InChI is InChI=1S/C15H11NO5S/c1-22(19,20)12-6-7-13(15(17)18)14(8-12)21-11-4-2-10(9-16)3-5-11/h2-8H,1H3,(H,17,18). The molecular formula is C15H11NO5S. The maximum absolute atomic E-state index is 11.6. The van der Waals surface area contributed by atoms with Crippen molar-refractivity contribution in [3.63, 3.8) is 0 Å². The van der Waals surface area contributed by atoms with Gasteiger partial charge in [-0.25, -0.2) is 13.2 Å². The first-order chi connectivity index (χ1) is 10.3. The van der Waals surface area contributed by atoms with Gasteiger partial charge in [-0.1, -0.05) is 0 Å². The molecule has 0 heterocycles. The summed E-state index contributed by atoms with van der Waals surface area (Å²) in [6, 6.07) is 11.5. The molecule has 0 saturated heterocycles. The van der Waals surface area contributed by atoms with Crippen LogP contribution >= 0.6 is 0 Å². The molecule has 6 nitrogen and oxygen atoms in total. The molecule has 22 heavy (non-hydrogen) atoms. The van der Waals surface area contributed by atoms with E-state index in [1.54, 1.807) is 0 Å². The molecule has 0 aromatic heterocycles. The minimum Gasteiger partial charge on any atom is -0.478 e. The molecule has 7 heteroatoms. The first kappa shape index (κ1) is 15.5. The summed E-state index contributed by atoms with van der Waals surface area (Å²) in [5.74, 6) is -1.02. The zero-order chi connectivity index (χ0) is 16.3. The molecule has 0 atom stereocenters. The third kappa shape index (κ3) is 3.42. The molecule has 2 rings (SSSR count). The Bertz CT molecular complexity index is 864. The summed E-state index contributed by atoms with van der Waals surface area (Å²) in [6.45, 7) is 0. The second kappa shape index (κ2) is 5.87. The van der Waals surface area contributed by atoms with E-state index in [0.717, 1.165) is 12.3 Å². The SMILES string of the molecule is CS(=O)(=O)c1ccc(C(=O)O)c(Oc2ccc(C#N)cc2)c1. The monoisotopic (exact) mass is 317 g/mol. The molecule has 1 N–H and O–H groups in total. The molecular weight excluding hydrogens is 306 g/mol. The highest BCUT2D eigenvalue weighted by Crippen LogP contribution is 2.28. The van der Waals surface area contributed by atoms with E-state index in [9.17, 15) is 13.2 Å². The molecule has 0 unspecified atom stereocenters. The minimum atomic E-state index is -3.49. The Kier molecular flexibility index (Phi) is 4.15. The van der Waals surface area contributed by atoms with Crippen molar-refractivity contribution in [1.82, 2.24) is 0 Å². The predicted octanol–water partition coefficient (Wildman–Crippen LogP) is 2.45. The average molecular weight is 317 g/mol. The van der Waals surface area contributed by atoms with Gasteiger partial charge in [-0.15, -0.1) is 0 Å². The number of rotatable bonds is 4. The number of ether oxygens (including phenoxy) is 1. The van der Waals surface area contributed by atoms with Gasteiger partial charge in [-0.2, -0.15) is 5.26 Å². The van der Waals surface area contributed by atoms with Crippen LogP contribution in [-0.4, -0.2) is 25.7 Å². The van der Waals surface area contributed by atoms with Crippen molar-refractivity contribution in [1.29, 1.82) is 5.26 Å². The molecule has 0 fully saturated rings. The van der Waals surface area contributed by atoms with Gasteiger partial charge in [0.15, 0.2) is 9.84 Å². The second-order valence-corrected chi connectivity index (χ2v) is 6.49. The number of carbonyl (C=O) groups is 1. The lowest BCUT2D eigenvalue weighted by molar-refractivity contribution is 0.0694. The highest BCUT2D eigenvalue weighted by atomic mass is 32.2. The van der Waals surface area contributed by atoms with Crippen molar-refractivity contribution in [2.45, 2.75) is 4.90 Å². The molecule has 2 aromatic carbocycles. The van der Waals surface area contributed by atoms with Crippen LogP contribution in [-0.2, 0) is 9.84 Å². The van der Waals surface area contributed by atoms with E-state index in [0.29, 0.717) is 11.3 Å². The van der Waals surface area contributed by atoms with E-state index in [4.69, 9.17) is 15.1 Å². The van der Waals surface area contributed by atoms with Crippen LogP contribution in [0.1, 0.15) is 15.9 Å². The van der Waals surface area contributed by atoms with Crippen LogP contribution in [0.4, 0.5) is 0 Å². The lowest BCUT2D eigenvalue weighted by Gasteiger charge is -2.10. The Labute approximate surface area is 127 Å². The zero-order valence-electron chi connectivity index (χ0n) is 11.5. The molecule has 0 amide bonds. The number of nitrogens with zero attached hydrogens (tertiary/aromatic N) is 1. The maximum Gasteiger partial charge on any atom is 0.339 e. The largest absolute Gasteiger partial charge is 0.478 e. The first-order valence-corrected chi connectivity index (χ1v) is 7.96. The van der Waals surface area contributed by atoms with Crippen LogP contribution in [0.2, 0.25) is 0 Å². The van der Waals surface area contributed by atoms with Gasteiger partial charge < -0.3 is 9.84 Å². The number of hydrogen-bond donors (Lipinski definition) is 1. The number of benzene rings is 2. The predicted molar refractivity (Wildman–Crippen MR) is 77.7 cm³/mol. The quantitative estimate of drug-likeness (QED) is 0.928. The van der Waals surface area contributed by atoms with Crippen LogP contribution < -0.4 is 4.74 Å². The van der Waals surface area contributed by atoms with Crippen LogP contribution in [0.3, 0.4) is 0 Å². The fourth-order valence-electron chi connectivity index (χ4n) is 1.72. The van der Waals surface area contributed by atoms with Crippen molar-refractivity contribution in [3.8, 4) is 17.6 Å². The summed E-state index contributed by atoms with van der Waals surface area (Å²) >= 11 is 0. The Morgan fingerprint density at radius 1 is 1.18 bits per heavy atom. The smallest absolute Gasteiger partial charge is 0.339 e. The van der Waals surface area contributed by atoms with Crippen LogP contribution in [0.15, 0.2) is 47.4 Å². The minimum absolute atomic E-state index is 0.0406. The topological polar surface area (TPSA) is 104 Å². The average Bonchev–Trinajstić information content (AvgIpc) is 2.47. The Balaban J connectivity index is 2.46. The maximum atomic E-state index is 11.6. The van der Waals surface area contributed by atoms with Gasteiger partial charge >= 0.3 is 5.97 Å². The van der Waals surface area contributed by atoms with Crippen LogP contribution in [0.5, 0.6) is 11.5 Å². The van der Waals surface area contributed by atoms with E-state index in [1.807, 2.05) is 6.07 Å². The summed E-state index contributed by atoms with van der Waals surface area (Å²) in [4.78, 5) is 11.2. The van der Waals surface area contributed by atoms with Gasteiger partial charge in [0.05, 0.1) is 16.5 Å². The summed E-state index contributed by atoms with van der Waals surface area (Å²) in [7, 11) is -3.49. The molecule has 112 valence electrons. The number of hydrogen-bond acceptors (Lipinski definition) is 5. The highest BCUT2D eigenvalue weighted by Gasteiger charge is 2.16. The number of aromatic carboxylic acids is 1. The van der Waals surface area contributed by atoms with Crippen molar-refractivity contribution in [2.24, 2.45) is 0 Å². The number of sulfone groups is 1. The normalized spacial score (nSPS) is 10.7. The summed E-state index contributed by atoms with van der Waals surface area (Å²) in [5.41, 5.74) is 0.271. The number of nitriles is 1. The van der Waals surface area contributed by atoms with E-state index in [1.165, 1.54) is 36.4 Å². The Hall–Kier alpha value is -2.85. The van der Waals surface area contributed by atoms with Crippen molar-refractivity contribution in [3.05, 3.63) is 53.6 Å². The van der Waals surface area contributed by atoms with Gasteiger partial charge in [0.25, 0.3) is 0 Å². The van der Waals surface area contributed by atoms with Crippen LogP contribution in [0.25, 0.3) is 0 Å². The van der Waals surface area contributed by atoms with Crippen LogP contribution in [0, 0.1) is 11.3 Å². The van der Waals surface area contributed by atoms with E-state index in [-0.39, 0.29) is 16.2 Å². The molecule has 2 aromatic rings. The summed E-state index contributed by atoms with van der Waals surface area (Å²) in [6.07, 6.45) is 1.02. The Morgan fingerprint density at radius 3 is 2.32 bits per heavy atom. The number of carboxylic acids is 1. The van der Waals surface area contributed by atoms with E-state index in [2.05, 4.69) is 0 Å².